The Balaban J connectivity index is 2.14. The number of anilines is 1. The van der Waals surface area contributed by atoms with Crippen molar-refractivity contribution in [2.75, 3.05) is 5.32 Å². The van der Waals surface area contributed by atoms with E-state index in [4.69, 9.17) is 4.42 Å². The number of amides is 1. The highest BCUT2D eigenvalue weighted by Gasteiger charge is 2.11. The van der Waals surface area contributed by atoms with Gasteiger partial charge in [-0.15, -0.1) is 0 Å². The zero-order valence-corrected chi connectivity index (χ0v) is 10.8. The molecule has 0 saturated heterocycles. The molecule has 0 bridgehead atoms. The van der Waals surface area contributed by atoms with Crippen molar-refractivity contribution in [1.29, 1.82) is 0 Å². The van der Waals surface area contributed by atoms with Crippen LogP contribution in [0.25, 0.3) is 6.08 Å². The lowest BCUT2D eigenvalue weighted by Crippen LogP contribution is -2.18. The lowest BCUT2D eigenvalue weighted by molar-refractivity contribution is -0.297. The zero-order valence-electron chi connectivity index (χ0n) is 10.8. The molecule has 5 heteroatoms. The van der Waals surface area contributed by atoms with Gasteiger partial charge in [0.1, 0.15) is 5.76 Å². The summed E-state index contributed by atoms with van der Waals surface area (Å²) in [5.74, 6) is -1.01. The van der Waals surface area contributed by atoms with Crippen LogP contribution in [0.1, 0.15) is 21.7 Å². The third kappa shape index (κ3) is 3.35. The number of carboxylic acid groups (broad SMARTS) is 1. The van der Waals surface area contributed by atoms with E-state index in [1.54, 1.807) is 37.3 Å². The monoisotopic (exact) mass is 270 g/mol. The quantitative estimate of drug-likeness (QED) is 0.855. The minimum absolute atomic E-state index is 0.280. The Labute approximate surface area is 115 Å². The Kier molecular flexibility index (Phi) is 4.00. The minimum atomic E-state index is -1.27. The van der Waals surface area contributed by atoms with E-state index in [9.17, 15) is 14.7 Å². The average molecular weight is 270 g/mol. The summed E-state index contributed by atoms with van der Waals surface area (Å²) in [6.45, 7) is 1.70. The number of aryl methyl sites for hydroxylation is 1. The lowest BCUT2D eigenvalue weighted by Gasteiger charge is -2.05. The number of carbonyl (C=O) groups excluding carboxylic acids is 2. The third-order valence-electron chi connectivity index (χ3n) is 2.66. The molecule has 0 saturated carbocycles. The molecular formula is C15H12NO4-. The van der Waals surface area contributed by atoms with E-state index in [-0.39, 0.29) is 5.91 Å². The van der Waals surface area contributed by atoms with Crippen LogP contribution in [0.3, 0.4) is 0 Å². The molecule has 1 aromatic heterocycles. The summed E-state index contributed by atoms with van der Waals surface area (Å²) in [6.07, 6.45) is 3.78. The molecule has 0 aliphatic carbocycles. The topological polar surface area (TPSA) is 82.4 Å². The van der Waals surface area contributed by atoms with Crippen LogP contribution in [-0.4, -0.2) is 11.9 Å². The average Bonchev–Trinajstić information content (AvgIpc) is 2.83. The second kappa shape index (κ2) is 5.88. The molecule has 0 fully saturated rings. The molecule has 0 spiro atoms. The van der Waals surface area contributed by atoms with Crippen molar-refractivity contribution in [2.24, 2.45) is 0 Å². The van der Waals surface area contributed by atoms with Crippen molar-refractivity contribution in [3.63, 3.8) is 0 Å². The number of rotatable bonds is 4. The highest BCUT2D eigenvalue weighted by molar-refractivity contribution is 6.05. The van der Waals surface area contributed by atoms with E-state index in [2.05, 4.69) is 5.32 Å². The van der Waals surface area contributed by atoms with Crippen LogP contribution < -0.4 is 10.4 Å². The van der Waals surface area contributed by atoms with Crippen molar-refractivity contribution >= 4 is 23.6 Å². The van der Waals surface area contributed by atoms with Gasteiger partial charge in [0.2, 0.25) is 0 Å². The number of carbonyl (C=O) groups is 2. The minimum Gasteiger partial charge on any atom is -0.545 e. The smallest absolute Gasteiger partial charge is 0.259 e. The molecule has 102 valence electrons. The molecule has 2 aromatic rings. The summed E-state index contributed by atoms with van der Waals surface area (Å²) >= 11 is 0. The molecular weight excluding hydrogens is 258 g/mol. The van der Waals surface area contributed by atoms with Gasteiger partial charge >= 0.3 is 0 Å². The van der Waals surface area contributed by atoms with Gasteiger partial charge in [0.25, 0.3) is 5.91 Å². The van der Waals surface area contributed by atoms with Crippen LogP contribution in [0, 0.1) is 6.92 Å². The number of benzene rings is 1. The van der Waals surface area contributed by atoms with Crippen LogP contribution in [0.2, 0.25) is 0 Å². The van der Waals surface area contributed by atoms with E-state index < -0.39 is 5.97 Å². The van der Waals surface area contributed by atoms with Gasteiger partial charge in [-0.2, -0.15) is 0 Å². The Bertz CT molecular complexity index is 670. The van der Waals surface area contributed by atoms with Crippen LogP contribution in [0.5, 0.6) is 0 Å². The predicted octanol–water partition coefficient (Wildman–Crippen LogP) is 1.60. The van der Waals surface area contributed by atoms with Gasteiger partial charge in [0.05, 0.1) is 17.8 Å². The molecule has 20 heavy (non-hydrogen) atoms. The van der Waals surface area contributed by atoms with Gasteiger partial charge in [-0.05, 0) is 36.8 Å². The van der Waals surface area contributed by atoms with E-state index in [0.29, 0.717) is 22.6 Å². The Morgan fingerprint density at radius 1 is 1.30 bits per heavy atom. The maximum Gasteiger partial charge on any atom is 0.259 e. The summed E-state index contributed by atoms with van der Waals surface area (Å²) < 4.78 is 5.07. The first-order chi connectivity index (χ1) is 9.56. The molecule has 1 aromatic carbocycles. The summed E-state index contributed by atoms with van der Waals surface area (Å²) in [5.41, 5.74) is 1.67. The van der Waals surface area contributed by atoms with E-state index in [0.717, 1.165) is 6.08 Å². The molecule has 2 rings (SSSR count). The van der Waals surface area contributed by atoms with Crippen LogP contribution in [0.4, 0.5) is 5.69 Å². The first-order valence-corrected chi connectivity index (χ1v) is 5.91. The van der Waals surface area contributed by atoms with Crippen LogP contribution in [0.15, 0.2) is 47.1 Å². The summed E-state index contributed by atoms with van der Waals surface area (Å²) in [6, 6.07) is 8.39. The fraction of sp³-hybridized carbons (Fsp3) is 0.0667. The van der Waals surface area contributed by atoms with Crippen molar-refractivity contribution in [3.8, 4) is 0 Å². The molecule has 0 atom stereocenters. The number of furan rings is 1. The third-order valence-corrected chi connectivity index (χ3v) is 2.66. The van der Waals surface area contributed by atoms with E-state index in [1.165, 1.54) is 12.3 Å². The molecule has 0 radical (unpaired) electrons. The standard InChI is InChI=1S/C15H13NO4/c1-10-13(7-8-20-10)15(19)16-12-4-2-3-11(9-12)5-6-14(17)18/h2-9H,1H3,(H,16,19)(H,17,18)/p-1/b6-5+. The van der Waals surface area contributed by atoms with Gasteiger partial charge < -0.3 is 19.6 Å². The van der Waals surface area contributed by atoms with Gasteiger partial charge in [0, 0.05) is 5.69 Å². The van der Waals surface area contributed by atoms with Gasteiger partial charge in [0.15, 0.2) is 0 Å². The summed E-state index contributed by atoms with van der Waals surface area (Å²) in [4.78, 5) is 22.3. The fourth-order valence-electron chi connectivity index (χ4n) is 1.70. The number of nitrogens with one attached hydrogen (secondary N) is 1. The predicted molar refractivity (Wildman–Crippen MR) is 71.9 cm³/mol. The summed E-state index contributed by atoms with van der Waals surface area (Å²) in [7, 11) is 0. The van der Waals surface area contributed by atoms with Crippen molar-refractivity contribution in [1.82, 2.24) is 0 Å². The lowest BCUT2D eigenvalue weighted by atomic mass is 10.1. The number of hydrogen-bond acceptors (Lipinski definition) is 4. The zero-order chi connectivity index (χ0) is 14.5. The fourth-order valence-corrected chi connectivity index (χ4v) is 1.70. The molecule has 1 N–H and O–H groups in total. The molecule has 1 heterocycles. The Morgan fingerprint density at radius 2 is 2.10 bits per heavy atom. The van der Waals surface area contributed by atoms with Gasteiger partial charge in [-0.25, -0.2) is 0 Å². The second-order valence-corrected chi connectivity index (χ2v) is 4.12. The number of hydrogen-bond donors (Lipinski definition) is 1. The van der Waals surface area contributed by atoms with Crippen LogP contribution >= 0.6 is 0 Å². The molecule has 0 unspecified atom stereocenters. The summed E-state index contributed by atoms with van der Waals surface area (Å²) in [5, 5.41) is 13.1. The van der Waals surface area contributed by atoms with Crippen molar-refractivity contribution < 1.29 is 19.1 Å². The molecule has 0 aliphatic heterocycles. The highest BCUT2D eigenvalue weighted by atomic mass is 16.4. The van der Waals surface area contributed by atoms with E-state index >= 15 is 0 Å². The SMILES string of the molecule is Cc1occc1C(=O)Nc1cccc(/C=C/C(=O)[O-])c1. The maximum atomic E-state index is 12.0. The molecule has 1 amide bonds. The van der Waals surface area contributed by atoms with Gasteiger partial charge in [-0.3, -0.25) is 4.79 Å². The number of aliphatic carboxylic acids is 1. The Morgan fingerprint density at radius 3 is 2.75 bits per heavy atom. The number of carboxylic acids is 1. The van der Waals surface area contributed by atoms with E-state index in [1.807, 2.05) is 0 Å². The Hall–Kier alpha value is -2.82. The molecule has 0 aliphatic rings. The first-order valence-electron chi connectivity index (χ1n) is 5.91. The van der Waals surface area contributed by atoms with Crippen molar-refractivity contribution in [3.05, 3.63) is 59.6 Å². The van der Waals surface area contributed by atoms with Gasteiger partial charge in [-0.1, -0.05) is 18.2 Å². The normalized spacial score (nSPS) is 10.7. The highest BCUT2D eigenvalue weighted by Crippen LogP contribution is 2.15. The largest absolute Gasteiger partial charge is 0.545 e. The first kappa shape index (κ1) is 13.6. The van der Waals surface area contributed by atoms with Crippen molar-refractivity contribution in [2.45, 2.75) is 6.92 Å². The molecule has 5 nitrogen and oxygen atoms in total. The maximum absolute atomic E-state index is 12.0. The van der Waals surface area contributed by atoms with Crippen LogP contribution in [-0.2, 0) is 4.79 Å². The second-order valence-electron chi connectivity index (χ2n) is 4.12.